The second-order valence-corrected chi connectivity index (χ2v) is 8.96. The van der Waals surface area contributed by atoms with Crippen molar-refractivity contribution in [2.24, 2.45) is 5.92 Å². The summed E-state index contributed by atoms with van der Waals surface area (Å²) in [4.78, 5) is 14.2. The molecule has 2 aromatic carbocycles. The highest BCUT2D eigenvalue weighted by Crippen LogP contribution is 2.28. The van der Waals surface area contributed by atoms with Crippen LogP contribution in [0.15, 0.2) is 41.3 Å². The lowest BCUT2D eigenvalue weighted by molar-refractivity contribution is -0.133. The number of piperidine rings is 1. The fourth-order valence-corrected chi connectivity index (χ4v) is 5.30. The van der Waals surface area contributed by atoms with E-state index in [-0.39, 0.29) is 22.8 Å². The first-order chi connectivity index (χ1) is 12.8. The highest BCUT2D eigenvalue weighted by atomic mass is 32.2. The van der Waals surface area contributed by atoms with Crippen molar-refractivity contribution in [3.05, 3.63) is 36.4 Å². The molecule has 1 fully saturated rings. The Hall–Kier alpha value is -2.12. The van der Waals surface area contributed by atoms with E-state index in [1.165, 1.54) is 0 Å². The normalized spacial score (nSPS) is 20.7. The molecule has 0 saturated carbocycles. The Morgan fingerprint density at radius 1 is 1.22 bits per heavy atom. The van der Waals surface area contributed by atoms with Crippen LogP contribution in [0, 0.1) is 5.92 Å². The highest BCUT2D eigenvalue weighted by molar-refractivity contribution is 7.89. The summed E-state index contributed by atoms with van der Waals surface area (Å²) in [6, 6.07) is 10.2. The zero-order valence-corrected chi connectivity index (χ0v) is 16.6. The van der Waals surface area contributed by atoms with E-state index in [1.807, 2.05) is 30.9 Å². The molecule has 1 amide bonds. The van der Waals surface area contributed by atoms with Gasteiger partial charge in [0.25, 0.3) is 0 Å². The van der Waals surface area contributed by atoms with Gasteiger partial charge in [-0.1, -0.05) is 38.1 Å². The molecule has 1 saturated heterocycles. The summed E-state index contributed by atoms with van der Waals surface area (Å²) in [7, 11) is -3.69. The Balaban J connectivity index is 1.80. The van der Waals surface area contributed by atoms with E-state index < -0.39 is 10.0 Å². The minimum atomic E-state index is -3.69. The maximum absolute atomic E-state index is 13.1. The number of nitrogens with zero attached hydrogens (tertiary/aromatic N) is 1. The van der Waals surface area contributed by atoms with Gasteiger partial charge < -0.3 is 10.6 Å². The molecule has 1 heterocycles. The fourth-order valence-electron chi connectivity index (χ4n) is 3.71. The second-order valence-electron chi connectivity index (χ2n) is 7.28. The average Bonchev–Trinajstić information content (AvgIpc) is 2.63. The molecule has 0 bridgehead atoms. The number of hydrogen-bond acceptors (Lipinski definition) is 4. The molecule has 0 radical (unpaired) electrons. The molecule has 1 aliphatic heterocycles. The van der Waals surface area contributed by atoms with Crippen LogP contribution in [-0.2, 0) is 14.8 Å². The van der Waals surface area contributed by atoms with Crippen molar-refractivity contribution in [2.45, 2.75) is 44.0 Å². The number of sulfonamides is 1. The monoisotopic (exact) mass is 389 g/mol. The highest BCUT2D eigenvalue weighted by Gasteiger charge is 2.32. The lowest BCUT2D eigenvalue weighted by atomic mass is 9.94. The van der Waals surface area contributed by atoms with E-state index in [9.17, 15) is 13.2 Å². The number of nitrogen functional groups attached to an aromatic ring is 1. The number of benzene rings is 2. The van der Waals surface area contributed by atoms with Crippen molar-refractivity contribution < 1.29 is 13.2 Å². The molecule has 0 aliphatic carbocycles. The van der Waals surface area contributed by atoms with E-state index in [0.29, 0.717) is 37.0 Å². The smallest absolute Gasteiger partial charge is 0.241 e. The van der Waals surface area contributed by atoms with Crippen LogP contribution in [0.25, 0.3) is 10.8 Å². The standard InChI is InChI=1S/C20H27N3O3S/c1-3-6-20(24)23-12-11-18(14(2)13-23)22-27(25,26)19-10-9-17(21)15-7-4-5-8-16(15)19/h4-5,7-10,14,18,22H,3,6,11-13,21H2,1-2H3/t14-,18+/m1/s1. The molecule has 0 aromatic heterocycles. The molecule has 1 aliphatic rings. The predicted molar refractivity (Wildman–Crippen MR) is 108 cm³/mol. The predicted octanol–water partition coefficient (Wildman–Crippen LogP) is 2.74. The summed E-state index contributed by atoms with van der Waals surface area (Å²) < 4.78 is 29.0. The van der Waals surface area contributed by atoms with Crippen molar-refractivity contribution in [3.63, 3.8) is 0 Å². The lowest BCUT2D eigenvalue weighted by Gasteiger charge is -2.37. The van der Waals surface area contributed by atoms with Gasteiger partial charge in [-0.15, -0.1) is 0 Å². The third-order valence-corrected chi connectivity index (χ3v) is 6.78. The molecule has 2 aromatic rings. The Labute approximate surface area is 160 Å². The van der Waals surface area contributed by atoms with Gasteiger partial charge in [0, 0.05) is 42.0 Å². The zero-order chi connectivity index (χ0) is 19.6. The number of nitrogens with one attached hydrogen (secondary N) is 1. The van der Waals surface area contributed by atoms with Crippen LogP contribution in [0.3, 0.4) is 0 Å². The number of likely N-dealkylation sites (tertiary alicyclic amines) is 1. The minimum absolute atomic E-state index is 0.0503. The number of carbonyl (C=O) groups excluding carboxylic acids is 1. The number of amides is 1. The second kappa shape index (κ2) is 7.86. The Morgan fingerprint density at radius 3 is 2.59 bits per heavy atom. The van der Waals surface area contributed by atoms with Crippen molar-refractivity contribution >= 4 is 32.4 Å². The Kier molecular flexibility index (Phi) is 5.72. The van der Waals surface area contributed by atoms with Gasteiger partial charge >= 0.3 is 0 Å². The average molecular weight is 390 g/mol. The largest absolute Gasteiger partial charge is 0.398 e. The number of carbonyl (C=O) groups is 1. The SMILES string of the molecule is CCCC(=O)N1CC[C@H](NS(=O)(=O)c2ccc(N)c3ccccc23)[C@H](C)C1. The molecule has 3 rings (SSSR count). The number of rotatable bonds is 5. The van der Waals surface area contributed by atoms with E-state index in [4.69, 9.17) is 5.73 Å². The summed E-state index contributed by atoms with van der Waals surface area (Å²) in [6.07, 6.45) is 1.98. The van der Waals surface area contributed by atoms with Crippen molar-refractivity contribution in [1.29, 1.82) is 0 Å². The van der Waals surface area contributed by atoms with Gasteiger partial charge in [-0.2, -0.15) is 0 Å². The molecule has 6 nitrogen and oxygen atoms in total. The number of hydrogen-bond donors (Lipinski definition) is 2. The zero-order valence-electron chi connectivity index (χ0n) is 15.8. The molecule has 2 atom stereocenters. The van der Waals surface area contributed by atoms with Gasteiger partial charge in [0.15, 0.2) is 0 Å². The summed E-state index contributed by atoms with van der Waals surface area (Å²) >= 11 is 0. The van der Waals surface area contributed by atoms with Gasteiger partial charge in [0.05, 0.1) is 4.90 Å². The number of nitrogens with two attached hydrogens (primary N) is 1. The fraction of sp³-hybridized carbons (Fsp3) is 0.450. The topological polar surface area (TPSA) is 92.5 Å². The number of anilines is 1. The molecule has 0 spiro atoms. The maximum Gasteiger partial charge on any atom is 0.241 e. The first-order valence-electron chi connectivity index (χ1n) is 9.40. The maximum atomic E-state index is 13.1. The molecule has 7 heteroatoms. The molecular weight excluding hydrogens is 362 g/mol. The first-order valence-corrected chi connectivity index (χ1v) is 10.9. The molecule has 3 N–H and O–H groups in total. The first kappa shape index (κ1) is 19.6. The van der Waals surface area contributed by atoms with E-state index in [0.717, 1.165) is 11.8 Å². The van der Waals surface area contributed by atoms with Gasteiger partial charge in [0.2, 0.25) is 15.9 Å². The third-order valence-electron chi connectivity index (χ3n) is 5.24. The van der Waals surface area contributed by atoms with Crippen LogP contribution >= 0.6 is 0 Å². The quantitative estimate of drug-likeness (QED) is 0.769. The van der Waals surface area contributed by atoms with E-state index >= 15 is 0 Å². The van der Waals surface area contributed by atoms with Crippen LogP contribution in [0.2, 0.25) is 0 Å². The van der Waals surface area contributed by atoms with Crippen molar-refractivity contribution in [1.82, 2.24) is 9.62 Å². The summed E-state index contributed by atoms with van der Waals surface area (Å²) in [5.74, 6) is 0.199. The summed E-state index contributed by atoms with van der Waals surface area (Å²) in [5, 5.41) is 1.35. The number of fused-ring (bicyclic) bond motifs is 1. The van der Waals surface area contributed by atoms with Gasteiger partial charge in [-0.3, -0.25) is 4.79 Å². The van der Waals surface area contributed by atoms with Crippen LogP contribution in [0.1, 0.15) is 33.1 Å². The Morgan fingerprint density at radius 2 is 1.93 bits per heavy atom. The third kappa shape index (κ3) is 4.09. The summed E-state index contributed by atoms with van der Waals surface area (Å²) in [6.45, 7) is 5.13. The van der Waals surface area contributed by atoms with Gasteiger partial charge in [-0.05, 0) is 30.9 Å². The molecular formula is C20H27N3O3S. The van der Waals surface area contributed by atoms with Crippen molar-refractivity contribution in [2.75, 3.05) is 18.8 Å². The van der Waals surface area contributed by atoms with E-state index in [2.05, 4.69) is 4.72 Å². The molecule has 0 unspecified atom stereocenters. The van der Waals surface area contributed by atoms with Gasteiger partial charge in [0.1, 0.15) is 0 Å². The van der Waals surface area contributed by atoms with Gasteiger partial charge in [-0.25, -0.2) is 13.1 Å². The lowest BCUT2D eigenvalue weighted by Crippen LogP contribution is -2.51. The van der Waals surface area contributed by atoms with Crippen LogP contribution in [0.4, 0.5) is 5.69 Å². The molecule has 27 heavy (non-hydrogen) atoms. The van der Waals surface area contributed by atoms with Crippen molar-refractivity contribution in [3.8, 4) is 0 Å². The molecule has 146 valence electrons. The summed E-state index contributed by atoms with van der Waals surface area (Å²) in [5.41, 5.74) is 6.55. The van der Waals surface area contributed by atoms with Crippen LogP contribution in [-0.4, -0.2) is 38.4 Å². The van der Waals surface area contributed by atoms with Crippen LogP contribution in [0.5, 0.6) is 0 Å². The van der Waals surface area contributed by atoms with Crippen LogP contribution < -0.4 is 10.5 Å². The minimum Gasteiger partial charge on any atom is -0.398 e. The van der Waals surface area contributed by atoms with E-state index in [1.54, 1.807) is 24.3 Å². The Bertz CT molecular complexity index is 943.